The first-order valence-electron chi connectivity index (χ1n) is 6.19. The lowest BCUT2D eigenvalue weighted by Crippen LogP contribution is -2.56. The molecular weight excluding hydrogens is 190 g/mol. The topological polar surface area (TPSA) is 49.3 Å². The molecule has 1 amide bonds. The van der Waals surface area contributed by atoms with Crippen LogP contribution in [0.4, 0.5) is 0 Å². The molecule has 2 unspecified atom stereocenters. The molecule has 0 aromatic rings. The summed E-state index contributed by atoms with van der Waals surface area (Å²) in [4.78, 5) is 12.0. The van der Waals surface area contributed by atoms with E-state index in [0.29, 0.717) is 17.8 Å². The van der Waals surface area contributed by atoms with Crippen molar-refractivity contribution in [2.75, 3.05) is 6.61 Å². The summed E-state index contributed by atoms with van der Waals surface area (Å²) in [5.41, 5.74) is -0.242. The van der Waals surface area contributed by atoms with Gasteiger partial charge in [0.15, 0.2) is 0 Å². The summed E-state index contributed by atoms with van der Waals surface area (Å²) >= 11 is 0. The molecule has 3 aliphatic carbocycles. The molecule has 3 nitrogen and oxygen atoms in total. The van der Waals surface area contributed by atoms with Crippen molar-refractivity contribution in [2.45, 2.75) is 44.1 Å². The third-order valence-electron chi connectivity index (χ3n) is 4.71. The molecular formula is C12H19NO2. The van der Waals surface area contributed by atoms with Crippen molar-refractivity contribution >= 4 is 5.91 Å². The van der Waals surface area contributed by atoms with Gasteiger partial charge in [-0.15, -0.1) is 0 Å². The van der Waals surface area contributed by atoms with Crippen molar-refractivity contribution in [3.8, 4) is 0 Å². The lowest BCUT2D eigenvalue weighted by atomic mass is 9.77. The molecule has 84 valence electrons. The van der Waals surface area contributed by atoms with Gasteiger partial charge in [0.25, 0.3) is 0 Å². The molecule has 0 bridgehead atoms. The molecule has 0 heterocycles. The molecule has 0 aromatic carbocycles. The Balaban J connectivity index is 1.57. The minimum absolute atomic E-state index is 0.112. The van der Waals surface area contributed by atoms with Crippen LogP contribution in [0.1, 0.15) is 38.5 Å². The van der Waals surface area contributed by atoms with Crippen molar-refractivity contribution in [3.05, 3.63) is 0 Å². The van der Waals surface area contributed by atoms with Crippen molar-refractivity contribution in [1.29, 1.82) is 0 Å². The zero-order valence-electron chi connectivity index (χ0n) is 9.04. The number of nitrogens with one attached hydrogen (secondary N) is 1. The van der Waals surface area contributed by atoms with E-state index in [9.17, 15) is 9.90 Å². The van der Waals surface area contributed by atoms with Crippen molar-refractivity contribution < 1.29 is 9.90 Å². The molecule has 3 rings (SSSR count). The molecule has 2 N–H and O–H groups in total. The number of amides is 1. The second kappa shape index (κ2) is 3.21. The van der Waals surface area contributed by atoms with E-state index in [-0.39, 0.29) is 18.1 Å². The molecule has 0 spiro atoms. The standard InChI is InChI=1S/C12H19NO2/c14-7-12(5-2-6-12)13-11(15)10-8-3-1-4-9(8)10/h8-10,14H,1-7H2,(H,13,15). The van der Waals surface area contributed by atoms with Crippen molar-refractivity contribution in [1.82, 2.24) is 5.32 Å². The fourth-order valence-corrected chi connectivity index (χ4v) is 3.48. The number of aliphatic hydroxyl groups excluding tert-OH is 1. The molecule has 2 atom stereocenters. The SMILES string of the molecule is O=C(NC1(CO)CCC1)C1C2CCCC21. The zero-order valence-corrected chi connectivity index (χ0v) is 9.04. The van der Waals surface area contributed by atoms with Crippen LogP contribution >= 0.6 is 0 Å². The van der Waals surface area contributed by atoms with Gasteiger partial charge in [0.2, 0.25) is 5.91 Å². The quantitative estimate of drug-likeness (QED) is 0.730. The molecule has 3 saturated carbocycles. The Kier molecular flexibility index (Phi) is 2.06. The van der Waals surface area contributed by atoms with Gasteiger partial charge in [-0.2, -0.15) is 0 Å². The monoisotopic (exact) mass is 209 g/mol. The number of carbonyl (C=O) groups excluding carboxylic acids is 1. The smallest absolute Gasteiger partial charge is 0.224 e. The minimum Gasteiger partial charge on any atom is -0.394 e. The van der Waals surface area contributed by atoms with Gasteiger partial charge < -0.3 is 10.4 Å². The number of hydrogen-bond acceptors (Lipinski definition) is 2. The summed E-state index contributed by atoms with van der Waals surface area (Å²) < 4.78 is 0. The highest BCUT2D eigenvalue weighted by molar-refractivity contribution is 5.83. The van der Waals surface area contributed by atoms with E-state index < -0.39 is 0 Å². The summed E-state index contributed by atoms with van der Waals surface area (Å²) in [5, 5.41) is 12.4. The summed E-state index contributed by atoms with van der Waals surface area (Å²) in [5.74, 6) is 1.88. The maximum Gasteiger partial charge on any atom is 0.224 e. The number of fused-ring (bicyclic) bond motifs is 1. The van der Waals surface area contributed by atoms with E-state index in [4.69, 9.17) is 0 Å². The maximum atomic E-state index is 12.0. The second-order valence-corrected chi connectivity index (χ2v) is 5.57. The number of carbonyl (C=O) groups is 1. The van der Waals surface area contributed by atoms with Gasteiger partial charge in [0.05, 0.1) is 12.1 Å². The highest BCUT2D eigenvalue weighted by Crippen LogP contribution is 2.57. The zero-order chi connectivity index (χ0) is 10.5. The second-order valence-electron chi connectivity index (χ2n) is 5.57. The van der Waals surface area contributed by atoms with Gasteiger partial charge in [0.1, 0.15) is 0 Å². The van der Waals surface area contributed by atoms with E-state index in [2.05, 4.69) is 5.32 Å². The summed E-state index contributed by atoms with van der Waals surface area (Å²) in [6.45, 7) is 0.112. The Hall–Kier alpha value is -0.570. The van der Waals surface area contributed by atoms with Gasteiger partial charge in [-0.05, 0) is 43.9 Å². The van der Waals surface area contributed by atoms with E-state index >= 15 is 0 Å². The van der Waals surface area contributed by atoms with Crippen LogP contribution in [0.3, 0.4) is 0 Å². The molecule has 15 heavy (non-hydrogen) atoms. The average molecular weight is 209 g/mol. The van der Waals surface area contributed by atoms with Gasteiger partial charge in [-0.25, -0.2) is 0 Å². The normalized spacial score (nSPS) is 40.5. The number of aliphatic hydroxyl groups is 1. The predicted octanol–water partition coefficient (Wildman–Crippen LogP) is 1.06. The lowest BCUT2D eigenvalue weighted by Gasteiger charge is -2.41. The van der Waals surface area contributed by atoms with Crippen LogP contribution < -0.4 is 5.32 Å². The summed E-state index contributed by atoms with van der Waals surface area (Å²) in [7, 11) is 0. The summed E-state index contributed by atoms with van der Waals surface area (Å²) in [6.07, 6.45) is 6.85. The highest BCUT2D eigenvalue weighted by Gasteiger charge is 2.57. The van der Waals surface area contributed by atoms with Crippen LogP contribution in [0.5, 0.6) is 0 Å². The van der Waals surface area contributed by atoms with Crippen LogP contribution in [0.25, 0.3) is 0 Å². The van der Waals surface area contributed by atoms with E-state index in [0.717, 1.165) is 19.3 Å². The molecule has 3 heteroatoms. The first kappa shape index (κ1) is 9.64. The number of rotatable bonds is 3. The Morgan fingerprint density at radius 1 is 1.27 bits per heavy atom. The van der Waals surface area contributed by atoms with E-state index in [1.165, 1.54) is 19.3 Å². The first-order chi connectivity index (χ1) is 7.26. The molecule has 0 aliphatic heterocycles. The van der Waals surface area contributed by atoms with Gasteiger partial charge in [-0.3, -0.25) is 4.79 Å². The Labute approximate surface area is 90.2 Å². The van der Waals surface area contributed by atoms with Gasteiger partial charge in [0, 0.05) is 5.92 Å². The largest absolute Gasteiger partial charge is 0.394 e. The molecule has 0 saturated heterocycles. The van der Waals surface area contributed by atoms with Crippen LogP contribution in [0, 0.1) is 17.8 Å². The van der Waals surface area contributed by atoms with Crippen molar-refractivity contribution in [3.63, 3.8) is 0 Å². The maximum absolute atomic E-state index is 12.0. The molecule has 3 aliphatic rings. The molecule has 0 radical (unpaired) electrons. The number of hydrogen-bond donors (Lipinski definition) is 2. The fraction of sp³-hybridized carbons (Fsp3) is 0.917. The molecule has 0 aromatic heterocycles. The third kappa shape index (κ3) is 1.40. The van der Waals surface area contributed by atoms with Gasteiger partial charge in [-0.1, -0.05) is 6.42 Å². The lowest BCUT2D eigenvalue weighted by molar-refractivity contribution is -0.127. The van der Waals surface area contributed by atoms with E-state index in [1.807, 2.05) is 0 Å². The van der Waals surface area contributed by atoms with Crippen LogP contribution in [-0.4, -0.2) is 23.2 Å². The van der Waals surface area contributed by atoms with E-state index in [1.54, 1.807) is 0 Å². The first-order valence-corrected chi connectivity index (χ1v) is 6.19. The van der Waals surface area contributed by atoms with Crippen LogP contribution in [0.2, 0.25) is 0 Å². The third-order valence-corrected chi connectivity index (χ3v) is 4.71. The van der Waals surface area contributed by atoms with Crippen LogP contribution in [0.15, 0.2) is 0 Å². The molecule has 3 fully saturated rings. The minimum atomic E-state index is -0.242. The fourth-order valence-electron chi connectivity index (χ4n) is 3.48. The van der Waals surface area contributed by atoms with Crippen LogP contribution in [-0.2, 0) is 4.79 Å². The summed E-state index contributed by atoms with van der Waals surface area (Å²) in [6, 6.07) is 0. The Morgan fingerprint density at radius 2 is 1.93 bits per heavy atom. The van der Waals surface area contributed by atoms with Gasteiger partial charge >= 0.3 is 0 Å². The highest BCUT2D eigenvalue weighted by atomic mass is 16.3. The average Bonchev–Trinajstić information content (AvgIpc) is 2.67. The Bertz CT molecular complexity index is 270. The predicted molar refractivity (Wildman–Crippen MR) is 56.1 cm³/mol. The Morgan fingerprint density at radius 3 is 2.40 bits per heavy atom. The van der Waals surface area contributed by atoms with Crippen molar-refractivity contribution in [2.24, 2.45) is 17.8 Å².